The molecule has 0 aliphatic heterocycles. The minimum atomic E-state index is -0.0628. The number of nitrogens with one attached hydrogen (secondary N) is 1. The number of anilines is 2. The Hall–Kier alpha value is -2.92. The van der Waals surface area contributed by atoms with E-state index in [-0.39, 0.29) is 6.61 Å². The minimum Gasteiger partial charge on any atom is -0.496 e. The van der Waals surface area contributed by atoms with Crippen LogP contribution in [0.1, 0.15) is 5.56 Å². The number of rotatable bonds is 5. The molecule has 0 unspecified atom stereocenters. The molecule has 0 saturated heterocycles. The van der Waals surface area contributed by atoms with E-state index in [1.54, 1.807) is 19.4 Å². The lowest BCUT2D eigenvalue weighted by Crippen LogP contribution is -1.97. The van der Waals surface area contributed by atoms with E-state index in [1.807, 2.05) is 42.5 Å². The Balaban J connectivity index is 1.97. The fourth-order valence-corrected chi connectivity index (χ4v) is 2.44. The molecule has 1 aromatic heterocycles. The monoisotopic (exact) mass is 307 g/mol. The van der Waals surface area contributed by atoms with Gasteiger partial charge in [0.2, 0.25) is 0 Å². The number of hydrogen-bond donors (Lipinski definition) is 2. The zero-order chi connectivity index (χ0) is 16.1. The second kappa shape index (κ2) is 6.89. The van der Waals surface area contributed by atoms with E-state index in [1.165, 1.54) is 6.33 Å². The van der Waals surface area contributed by atoms with Crippen molar-refractivity contribution in [1.82, 2.24) is 9.97 Å². The summed E-state index contributed by atoms with van der Waals surface area (Å²) in [6.07, 6.45) is 3.16. The van der Waals surface area contributed by atoms with Crippen LogP contribution in [-0.4, -0.2) is 22.2 Å². The molecule has 2 aromatic carbocycles. The van der Waals surface area contributed by atoms with Crippen molar-refractivity contribution in [3.8, 4) is 16.9 Å². The quantitative estimate of drug-likeness (QED) is 0.756. The lowest BCUT2D eigenvalue weighted by atomic mass is 9.98. The minimum absolute atomic E-state index is 0.0628. The molecule has 3 rings (SSSR count). The molecule has 116 valence electrons. The third-order valence-electron chi connectivity index (χ3n) is 3.53. The fourth-order valence-electron chi connectivity index (χ4n) is 2.44. The van der Waals surface area contributed by atoms with Crippen molar-refractivity contribution in [2.24, 2.45) is 0 Å². The van der Waals surface area contributed by atoms with Gasteiger partial charge in [0.1, 0.15) is 17.9 Å². The average molecular weight is 307 g/mol. The Morgan fingerprint density at radius 3 is 2.70 bits per heavy atom. The second-order valence-electron chi connectivity index (χ2n) is 4.95. The van der Waals surface area contributed by atoms with Crippen molar-refractivity contribution in [3.05, 3.63) is 66.6 Å². The van der Waals surface area contributed by atoms with E-state index in [0.717, 1.165) is 28.1 Å². The first-order chi connectivity index (χ1) is 11.3. The lowest BCUT2D eigenvalue weighted by molar-refractivity contribution is 0.282. The number of nitrogens with zero attached hydrogens (tertiary/aromatic N) is 2. The van der Waals surface area contributed by atoms with E-state index in [2.05, 4.69) is 15.3 Å². The Kier molecular flexibility index (Phi) is 4.49. The Bertz CT molecular complexity index is 791. The normalized spacial score (nSPS) is 10.3. The zero-order valence-corrected chi connectivity index (χ0v) is 12.7. The number of methoxy groups -OCH3 is 1. The number of ether oxygens (including phenoxy) is 1. The highest BCUT2D eigenvalue weighted by Crippen LogP contribution is 2.33. The van der Waals surface area contributed by atoms with Crippen LogP contribution in [0, 0.1) is 0 Å². The largest absolute Gasteiger partial charge is 0.496 e. The van der Waals surface area contributed by atoms with Gasteiger partial charge in [0, 0.05) is 17.4 Å². The van der Waals surface area contributed by atoms with Crippen LogP contribution in [0.3, 0.4) is 0 Å². The van der Waals surface area contributed by atoms with Crippen LogP contribution in [-0.2, 0) is 6.61 Å². The summed E-state index contributed by atoms with van der Waals surface area (Å²) in [5, 5.41) is 12.9. The third-order valence-corrected chi connectivity index (χ3v) is 3.53. The van der Waals surface area contributed by atoms with Gasteiger partial charge in [-0.3, -0.25) is 0 Å². The topological polar surface area (TPSA) is 67.3 Å². The van der Waals surface area contributed by atoms with Gasteiger partial charge in [-0.25, -0.2) is 9.97 Å². The van der Waals surface area contributed by atoms with E-state index in [0.29, 0.717) is 5.82 Å². The van der Waals surface area contributed by atoms with Gasteiger partial charge in [0.15, 0.2) is 0 Å². The maximum Gasteiger partial charge on any atom is 0.133 e. The Morgan fingerprint density at radius 2 is 1.96 bits per heavy atom. The molecule has 2 N–H and O–H groups in total. The first-order valence-corrected chi connectivity index (χ1v) is 7.22. The van der Waals surface area contributed by atoms with Crippen LogP contribution < -0.4 is 10.1 Å². The van der Waals surface area contributed by atoms with Crippen LogP contribution in [0.15, 0.2) is 61.1 Å². The molecule has 3 aromatic rings. The Labute approximate surface area is 134 Å². The number of para-hydroxylation sites is 1. The second-order valence-corrected chi connectivity index (χ2v) is 4.95. The smallest absolute Gasteiger partial charge is 0.133 e. The molecule has 5 nitrogen and oxygen atoms in total. The van der Waals surface area contributed by atoms with Gasteiger partial charge in [-0.2, -0.15) is 0 Å². The summed E-state index contributed by atoms with van der Waals surface area (Å²) in [5.41, 5.74) is 3.56. The first-order valence-electron chi connectivity index (χ1n) is 7.22. The molecular weight excluding hydrogens is 290 g/mol. The lowest BCUT2D eigenvalue weighted by Gasteiger charge is -2.14. The predicted molar refractivity (Wildman–Crippen MR) is 89.7 cm³/mol. The summed E-state index contributed by atoms with van der Waals surface area (Å²) in [6, 6.07) is 15.4. The van der Waals surface area contributed by atoms with E-state index in [9.17, 15) is 5.11 Å². The van der Waals surface area contributed by atoms with Gasteiger partial charge in [0.05, 0.1) is 13.7 Å². The van der Waals surface area contributed by atoms with Gasteiger partial charge < -0.3 is 15.2 Å². The molecule has 0 radical (unpaired) electrons. The molecule has 0 saturated carbocycles. The van der Waals surface area contributed by atoms with Gasteiger partial charge in [-0.05, 0) is 35.4 Å². The standard InChI is InChI=1S/C18H17N3O2/c1-23-17-5-3-2-4-16(17)15-7-6-14(10-13(15)11-22)21-18-8-9-19-12-20-18/h2-10,12,22H,11H2,1H3,(H,19,20,21). The molecule has 0 aliphatic rings. The molecule has 0 atom stereocenters. The van der Waals surface area contributed by atoms with Crippen molar-refractivity contribution in [2.75, 3.05) is 12.4 Å². The van der Waals surface area contributed by atoms with E-state index < -0.39 is 0 Å². The van der Waals surface area contributed by atoms with E-state index >= 15 is 0 Å². The van der Waals surface area contributed by atoms with Crippen LogP contribution in [0.5, 0.6) is 5.75 Å². The van der Waals surface area contributed by atoms with Crippen LogP contribution in [0.2, 0.25) is 0 Å². The summed E-state index contributed by atoms with van der Waals surface area (Å²) in [7, 11) is 1.64. The molecule has 0 aliphatic carbocycles. The zero-order valence-electron chi connectivity index (χ0n) is 12.7. The third kappa shape index (κ3) is 3.30. The highest BCUT2D eigenvalue weighted by molar-refractivity contribution is 5.76. The molecule has 0 bridgehead atoms. The number of aromatic nitrogens is 2. The highest BCUT2D eigenvalue weighted by atomic mass is 16.5. The van der Waals surface area contributed by atoms with Gasteiger partial charge in [-0.15, -0.1) is 0 Å². The van der Waals surface area contributed by atoms with Crippen molar-refractivity contribution >= 4 is 11.5 Å². The molecule has 5 heteroatoms. The van der Waals surface area contributed by atoms with Crippen molar-refractivity contribution < 1.29 is 9.84 Å². The van der Waals surface area contributed by atoms with Gasteiger partial charge in [0.25, 0.3) is 0 Å². The molecule has 0 spiro atoms. The van der Waals surface area contributed by atoms with Crippen LogP contribution in [0.4, 0.5) is 11.5 Å². The molecule has 0 amide bonds. The summed E-state index contributed by atoms with van der Waals surface area (Å²) < 4.78 is 5.41. The number of benzene rings is 2. The van der Waals surface area contributed by atoms with Crippen molar-refractivity contribution in [2.45, 2.75) is 6.61 Å². The molecule has 0 fully saturated rings. The molecule has 23 heavy (non-hydrogen) atoms. The average Bonchev–Trinajstić information content (AvgIpc) is 2.62. The SMILES string of the molecule is COc1ccccc1-c1ccc(Nc2ccncn2)cc1CO. The van der Waals surface area contributed by atoms with Crippen molar-refractivity contribution in [1.29, 1.82) is 0 Å². The summed E-state index contributed by atoms with van der Waals surface area (Å²) >= 11 is 0. The molecule has 1 heterocycles. The Morgan fingerprint density at radius 1 is 1.09 bits per heavy atom. The van der Waals surface area contributed by atoms with Gasteiger partial charge >= 0.3 is 0 Å². The number of aliphatic hydroxyl groups excluding tert-OH is 1. The van der Waals surface area contributed by atoms with Gasteiger partial charge in [-0.1, -0.05) is 24.3 Å². The number of hydrogen-bond acceptors (Lipinski definition) is 5. The summed E-state index contributed by atoms with van der Waals surface area (Å²) in [6.45, 7) is -0.0628. The van der Waals surface area contributed by atoms with E-state index in [4.69, 9.17) is 4.74 Å². The van der Waals surface area contributed by atoms with Crippen molar-refractivity contribution in [3.63, 3.8) is 0 Å². The maximum absolute atomic E-state index is 9.74. The summed E-state index contributed by atoms with van der Waals surface area (Å²) in [5.74, 6) is 1.48. The van der Waals surface area contributed by atoms with Crippen LogP contribution in [0.25, 0.3) is 11.1 Å². The van der Waals surface area contributed by atoms with Crippen LogP contribution >= 0.6 is 0 Å². The summed E-state index contributed by atoms with van der Waals surface area (Å²) in [4.78, 5) is 8.02. The predicted octanol–water partition coefficient (Wildman–Crippen LogP) is 3.39. The molecular formula is C18H17N3O2. The number of aliphatic hydroxyl groups is 1. The maximum atomic E-state index is 9.74. The fraction of sp³-hybridized carbons (Fsp3) is 0.111. The highest BCUT2D eigenvalue weighted by Gasteiger charge is 2.10. The first kappa shape index (κ1) is 15.0.